The van der Waals surface area contributed by atoms with Crippen LogP contribution in [0.1, 0.15) is 36.1 Å². The lowest BCUT2D eigenvalue weighted by molar-refractivity contribution is -0.137. The van der Waals surface area contributed by atoms with Crippen molar-refractivity contribution in [3.8, 4) is 11.5 Å². The third-order valence-corrected chi connectivity index (χ3v) is 6.66. The number of carbonyl (C=O) groups excluding carboxylic acids is 2. The van der Waals surface area contributed by atoms with Gasteiger partial charge in [-0.1, -0.05) is 0 Å². The molecule has 0 aliphatic carbocycles. The number of likely N-dealkylation sites (tertiary alicyclic amines) is 1. The van der Waals surface area contributed by atoms with Gasteiger partial charge in [0.05, 0.1) is 22.3 Å². The van der Waals surface area contributed by atoms with Crippen molar-refractivity contribution in [2.75, 3.05) is 18.9 Å². The van der Waals surface area contributed by atoms with Crippen molar-refractivity contribution < 1.29 is 27.5 Å². The number of rotatable bonds is 7. The van der Waals surface area contributed by atoms with Crippen LogP contribution in [0.4, 0.5) is 24.8 Å². The summed E-state index contributed by atoms with van der Waals surface area (Å²) in [6.07, 6.45) is -2.60. The van der Waals surface area contributed by atoms with E-state index in [-0.39, 0.29) is 36.1 Å². The number of carbonyl (C=O) groups is 2. The zero-order valence-corrected chi connectivity index (χ0v) is 21.5. The monoisotopic (exact) mass is 537 g/mol. The molecule has 39 heavy (non-hydrogen) atoms. The Labute approximate surface area is 222 Å². The van der Waals surface area contributed by atoms with E-state index in [0.717, 1.165) is 12.1 Å². The minimum Gasteiger partial charge on any atom is -0.457 e. The maximum absolute atomic E-state index is 13.7. The Balaban J connectivity index is 1.43. The Bertz CT molecular complexity index is 1580. The average Bonchev–Trinajstić information content (AvgIpc) is 3.36. The Kier molecular flexibility index (Phi) is 6.75. The van der Waals surface area contributed by atoms with E-state index in [4.69, 9.17) is 4.74 Å². The molecule has 1 amide bonds. The number of amides is 1. The maximum atomic E-state index is 13.7. The van der Waals surface area contributed by atoms with Crippen molar-refractivity contribution >= 4 is 34.4 Å². The van der Waals surface area contributed by atoms with Crippen LogP contribution >= 0.6 is 0 Å². The smallest absolute Gasteiger partial charge is 0.416 e. The van der Waals surface area contributed by atoms with Gasteiger partial charge in [-0.25, -0.2) is 4.98 Å². The number of anilines is 2. The van der Waals surface area contributed by atoms with E-state index in [1.54, 1.807) is 61.3 Å². The summed E-state index contributed by atoms with van der Waals surface area (Å²) in [5.74, 6) is 0.964. The van der Waals surface area contributed by atoms with Gasteiger partial charge >= 0.3 is 6.18 Å². The summed E-state index contributed by atoms with van der Waals surface area (Å²) in [7, 11) is 3.39. The van der Waals surface area contributed by atoms with E-state index in [1.165, 1.54) is 11.8 Å². The van der Waals surface area contributed by atoms with Crippen LogP contribution in [0.2, 0.25) is 0 Å². The number of hydrogen-bond donors (Lipinski definition) is 1. The van der Waals surface area contributed by atoms with Gasteiger partial charge in [-0.2, -0.15) is 13.2 Å². The molecular formula is C28H26F3N5O3. The lowest BCUT2D eigenvalue weighted by Gasteiger charge is -2.17. The Hall–Kier alpha value is -4.41. The summed E-state index contributed by atoms with van der Waals surface area (Å²) < 4.78 is 48.9. The van der Waals surface area contributed by atoms with Crippen molar-refractivity contribution in [2.24, 2.45) is 7.05 Å². The number of benzene rings is 2. The number of ether oxygens (including phenoxy) is 1. The average molecular weight is 538 g/mol. The van der Waals surface area contributed by atoms with Gasteiger partial charge < -0.3 is 19.5 Å². The second-order valence-electron chi connectivity index (χ2n) is 9.75. The van der Waals surface area contributed by atoms with Crippen molar-refractivity contribution in [1.29, 1.82) is 0 Å². The highest BCUT2D eigenvalue weighted by Crippen LogP contribution is 2.37. The molecule has 8 nitrogen and oxygen atoms in total. The molecule has 2 aromatic heterocycles. The standard InChI is InChI=1S/C28H26F3N5O3/c1-16(37)8-20-13-23(6-7-32-20)39-22-4-5-24-25(14-22)36(3)27(34-24)33-21-10-17(9-19(12-21)28(29,30)31)18-11-26(38)35(2)15-18/h4-7,9-10,12-14,18H,8,11,15H2,1-3H3,(H,33,34). The van der Waals surface area contributed by atoms with Gasteiger partial charge in [-0.3, -0.25) is 14.6 Å². The van der Waals surface area contributed by atoms with Crippen LogP contribution in [-0.2, 0) is 29.2 Å². The molecule has 1 atom stereocenters. The molecule has 0 saturated carbocycles. The lowest BCUT2D eigenvalue weighted by Crippen LogP contribution is -2.18. The van der Waals surface area contributed by atoms with Crippen LogP contribution in [0, 0.1) is 0 Å². The fraction of sp³-hybridized carbons (Fsp3) is 0.286. The molecule has 1 aliphatic rings. The van der Waals surface area contributed by atoms with Crippen LogP contribution in [0.5, 0.6) is 11.5 Å². The summed E-state index contributed by atoms with van der Waals surface area (Å²) >= 11 is 0. The fourth-order valence-corrected chi connectivity index (χ4v) is 4.69. The number of alkyl halides is 3. The van der Waals surface area contributed by atoms with E-state index in [0.29, 0.717) is 46.3 Å². The van der Waals surface area contributed by atoms with Crippen molar-refractivity contribution in [3.05, 3.63) is 71.5 Å². The van der Waals surface area contributed by atoms with Gasteiger partial charge in [0.25, 0.3) is 0 Å². The quantitative estimate of drug-likeness (QED) is 0.330. The molecule has 0 bridgehead atoms. The predicted octanol–water partition coefficient (Wildman–Crippen LogP) is 5.60. The largest absolute Gasteiger partial charge is 0.457 e. The molecule has 1 aliphatic heterocycles. The van der Waals surface area contributed by atoms with Crippen molar-refractivity contribution in [1.82, 2.24) is 19.4 Å². The van der Waals surface area contributed by atoms with E-state index in [9.17, 15) is 22.8 Å². The predicted molar refractivity (Wildman–Crippen MR) is 139 cm³/mol. The third kappa shape index (κ3) is 5.71. The van der Waals surface area contributed by atoms with Gasteiger partial charge in [-0.05, 0) is 48.9 Å². The highest BCUT2D eigenvalue weighted by molar-refractivity contribution is 5.82. The zero-order chi connectivity index (χ0) is 27.9. The minimum atomic E-state index is -4.54. The van der Waals surface area contributed by atoms with Gasteiger partial charge in [0.2, 0.25) is 11.9 Å². The molecule has 2 aromatic carbocycles. The zero-order valence-electron chi connectivity index (χ0n) is 21.5. The minimum absolute atomic E-state index is 0.00654. The first-order valence-electron chi connectivity index (χ1n) is 12.3. The normalized spacial score (nSPS) is 15.7. The Morgan fingerprint density at radius 3 is 2.56 bits per heavy atom. The molecule has 202 valence electrons. The molecular weight excluding hydrogens is 511 g/mol. The molecule has 0 radical (unpaired) electrons. The van der Waals surface area contributed by atoms with Crippen LogP contribution in [0.25, 0.3) is 11.0 Å². The number of likely N-dealkylation sites (N-methyl/N-ethyl adjacent to an activating group) is 1. The molecule has 1 N–H and O–H groups in total. The first-order chi connectivity index (χ1) is 18.5. The van der Waals surface area contributed by atoms with Gasteiger partial charge in [0, 0.05) is 63.4 Å². The number of hydrogen-bond acceptors (Lipinski definition) is 6. The number of nitrogens with zero attached hydrogens (tertiary/aromatic N) is 4. The summed E-state index contributed by atoms with van der Waals surface area (Å²) in [6.45, 7) is 1.86. The molecule has 0 spiro atoms. The van der Waals surface area contributed by atoms with E-state index in [1.807, 2.05) is 0 Å². The number of imidazole rings is 1. The van der Waals surface area contributed by atoms with Gasteiger partial charge in [0.1, 0.15) is 17.3 Å². The number of Topliss-reactive ketones (excluding diaryl/α,β-unsaturated/α-hetero) is 1. The van der Waals surface area contributed by atoms with E-state index in [2.05, 4.69) is 15.3 Å². The third-order valence-electron chi connectivity index (χ3n) is 6.66. The number of nitrogens with one attached hydrogen (secondary N) is 1. The fourth-order valence-electron chi connectivity index (χ4n) is 4.69. The SMILES string of the molecule is CC(=O)Cc1cc(Oc2ccc3nc(Nc4cc(C5CC(=O)N(C)C5)cc(C(F)(F)F)c4)n(C)c3c2)ccn1. The van der Waals surface area contributed by atoms with Crippen LogP contribution in [0.3, 0.4) is 0 Å². The number of pyridine rings is 1. The summed E-state index contributed by atoms with van der Waals surface area (Å²) in [5.41, 5.74) is 1.80. The first-order valence-corrected chi connectivity index (χ1v) is 12.3. The van der Waals surface area contributed by atoms with Gasteiger partial charge in [-0.15, -0.1) is 0 Å². The van der Waals surface area contributed by atoms with Crippen molar-refractivity contribution in [2.45, 2.75) is 31.9 Å². The highest BCUT2D eigenvalue weighted by Gasteiger charge is 2.34. The lowest BCUT2D eigenvalue weighted by atomic mass is 9.95. The van der Waals surface area contributed by atoms with Crippen LogP contribution < -0.4 is 10.1 Å². The second kappa shape index (κ2) is 10.0. The topological polar surface area (TPSA) is 89.3 Å². The molecule has 1 saturated heterocycles. The summed E-state index contributed by atoms with van der Waals surface area (Å²) in [4.78, 5) is 33.7. The maximum Gasteiger partial charge on any atom is 0.416 e. The number of ketones is 1. The number of halogens is 3. The highest BCUT2D eigenvalue weighted by atomic mass is 19.4. The number of aromatic nitrogens is 3. The molecule has 1 fully saturated rings. The Morgan fingerprint density at radius 1 is 1.10 bits per heavy atom. The molecule has 3 heterocycles. The van der Waals surface area contributed by atoms with Crippen LogP contribution in [-0.4, -0.2) is 44.7 Å². The molecule has 5 rings (SSSR count). The molecule has 4 aromatic rings. The first kappa shape index (κ1) is 26.2. The molecule has 11 heteroatoms. The van der Waals surface area contributed by atoms with E-state index < -0.39 is 11.7 Å². The Morgan fingerprint density at radius 2 is 1.87 bits per heavy atom. The number of fused-ring (bicyclic) bond motifs is 1. The molecule has 1 unspecified atom stereocenters. The van der Waals surface area contributed by atoms with Crippen molar-refractivity contribution in [3.63, 3.8) is 0 Å². The van der Waals surface area contributed by atoms with Gasteiger partial charge in [0.15, 0.2) is 0 Å². The number of aryl methyl sites for hydroxylation is 1. The van der Waals surface area contributed by atoms with Crippen LogP contribution in [0.15, 0.2) is 54.7 Å². The second-order valence-corrected chi connectivity index (χ2v) is 9.75. The summed E-state index contributed by atoms with van der Waals surface area (Å²) in [5, 5.41) is 3.03. The summed E-state index contributed by atoms with van der Waals surface area (Å²) in [6, 6.07) is 12.4. The van der Waals surface area contributed by atoms with E-state index >= 15 is 0 Å².